The van der Waals surface area contributed by atoms with Gasteiger partial charge in [-0.3, -0.25) is 0 Å². The van der Waals surface area contributed by atoms with E-state index in [9.17, 15) is 0 Å². The van der Waals surface area contributed by atoms with Crippen LogP contribution in [0.1, 0.15) is 12.8 Å². The molecule has 1 heterocycles. The van der Waals surface area contributed by atoms with Crippen LogP contribution in [0.15, 0.2) is 24.3 Å². The highest BCUT2D eigenvalue weighted by Gasteiger charge is 2.57. The molecule has 2 atom stereocenters. The highest BCUT2D eigenvalue weighted by molar-refractivity contribution is 7.80. The molecule has 23 heavy (non-hydrogen) atoms. The second-order valence-corrected chi connectivity index (χ2v) is 11.8. The number of fused-ring (bicyclic) bond motifs is 1. The first kappa shape index (κ1) is 19.2. The van der Waals surface area contributed by atoms with Crippen LogP contribution in [0.4, 0.5) is 0 Å². The molecule has 0 aromatic heterocycles. The summed E-state index contributed by atoms with van der Waals surface area (Å²) in [7, 11) is -2.63. The van der Waals surface area contributed by atoms with Crippen LogP contribution in [0.3, 0.4) is 0 Å². The van der Waals surface area contributed by atoms with E-state index in [-0.39, 0.29) is 0 Å². The number of hydrogen-bond acceptors (Lipinski definition) is 7. The van der Waals surface area contributed by atoms with Gasteiger partial charge in [-0.25, -0.2) is 0 Å². The van der Waals surface area contributed by atoms with Crippen molar-refractivity contribution < 1.29 is 21.8 Å². The van der Waals surface area contributed by atoms with Gasteiger partial charge in [0.2, 0.25) is 0 Å². The van der Waals surface area contributed by atoms with E-state index in [1.165, 1.54) is 0 Å². The predicted molar refractivity (Wildman–Crippen MR) is 101 cm³/mol. The molecule has 9 heteroatoms. The highest BCUT2D eigenvalue weighted by Crippen LogP contribution is 2.39. The average Bonchev–Trinajstić information content (AvgIpc) is 2.73. The van der Waals surface area contributed by atoms with E-state index in [2.05, 4.69) is 25.3 Å². The van der Waals surface area contributed by atoms with Gasteiger partial charge in [-0.1, -0.05) is 12.1 Å². The van der Waals surface area contributed by atoms with Crippen LogP contribution in [0.25, 0.3) is 0 Å². The summed E-state index contributed by atoms with van der Waals surface area (Å²) in [4.78, 5) is 0. The Labute approximate surface area is 151 Å². The molecule has 0 saturated carbocycles. The van der Waals surface area contributed by atoms with E-state index in [0.29, 0.717) is 23.6 Å². The molecule has 0 spiro atoms. The number of hydrogen-bond donors (Lipinski definition) is 2. The first-order valence-electron chi connectivity index (χ1n) is 7.62. The van der Waals surface area contributed by atoms with Crippen LogP contribution >= 0.6 is 25.3 Å². The Morgan fingerprint density at radius 2 is 1.30 bits per heavy atom. The van der Waals surface area contributed by atoms with Gasteiger partial charge in [0.05, 0.1) is 0 Å². The molecule has 1 aromatic carbocycles. The van der Waals surface area contributed by atoms with Gasteiger partial charge in [0.25, 0.3) is 0 Å². The zero-order valence-corrected chi connectivity index (χ0v) is 17.3. The summed E-state index contributed by atoms with van der Waals surface area (Å²) in [5.74, 6) is 2.78. The molecule has 0 aliphatic carbocycles. The second-order valence-electron chi connectivity index (χ2n) is 5.18. The molecule has 0 bridgehead atoms. The smallest absolute Gasteiger partial charge is 0.498 e. The Morgan fingerprint density at radius 1 is 0.870 bits per heavy atom. The minimum atomic E-state index is -2.95. The van der Waals surface area contributed by atoms with Crippen LogP contribution in [0, 0.1) is 0 Å². The lowest BCUT2D eigenvalue weighted by molar-refractivity contribution is 0.142. The fourth-order valence-corrected chi connectivity index (χ4v) is 10.0. The predicted octanol–water partition coefficient (Wildman–Crippen LogP) is 3.28. The third-order valence-corrected chi connectivity index (χ3v) is 11.0. The summed E-state index contributed by atoms with van der Waals surface area (Å²) in [5.41, 5.74) is 0. The highest BCUT2D eigenvalue weighted by atomic mass is 32.1. The molecule has 1 aliphatic rings. The number of para-hydroxylation sites is 2. The topological polar surface area (TPSA) is 46.2 Å². The van der Waals surface area contributed by atoms with Gasteiger partial charge in [-0.15, -0.1) is 0 Å². The van der Waals surface area contributed by atoms with Crippen molar-refractivity contribution in [3.8, 4) is 11.5 Å². The summed E-state index contributed by atoms with van der Waals surface area (Å²) in [6.45, 7) is 0. The van der Waals surface area contributed by atoms with E-state index < -0.39 is 17.6 Å². The summed E-state index contributed by atoms with van der Waals surface area (Å²) >= 11 is 8.59. The lowest BCUT2D eigenvalue weighted by Gasteiger charge is -2.33. The summed E-state index contributed by atoms with van der Waals surface area (Å²) in [5, 5.41) is 0. The van der Waals surface area contributed by atoms with Crippen molar-refractivity contribution in [2.75, 3.05) is 25.7 Å². The van der Waals surface area contributed by atoms with Crippen molar-refractivity contribution in [1.82, 2.24) is 0 Å². The molecule has 130 valence electrons. The summed E-state index contributed by atoms with van der Waals surface area (Å²) in [6.07, 6.45) is 1.68. The molecule has 0 radical (unpaired) electrons. The van der Waals surface area contributed by atoms with Gasteiger partial charge >= 0.3 is 17.6 Å². The van der Waals surface area contributed by atoms with Crippen molar-refractivity contribution in [2.24, 2.45) is 0 Å². The average molecular weight is 393 g/mol. The number of rotatable bonds is 8. The molecular weight excluding hydrogens is 368 g/mol. The molecule has 1 aliphatic heterocycles. The minimum Gasteiger partial charge on any atom is -0.498 e. The third-order valence-electron chi connectivity index (χ3n) is 3.60. The zero-order chi connectivity index (χ0) is 16.8. The maximum atomic E-state index is 6.39. The monoisotopic (exact) mass is 392 g/mol. The minimum absolute atomic E-state index is 0.650. The Kier molecular flexibility index (Phi) is 7.32. The molecule has 0 fully saturated rings. The number of thiol groups is 2. The Hall–Kier alpha value is -0.166. The summed E-state index contributed by atoms with van der Waals surface area (Å²) < 4.78 is 30.3. The van der Waals surface area contributed by atoms with Crippen LogP contribution in [-0.2, 0) is 13.0 Å². The van der Waals surface area contributed by atoms with Gasteiger partial charge < -0.3 is 21.8 Å². The fraction of sp³-hybridized carbons (Fsp3) is 0.571. The van der Waals surface area contributed by atoms with Crippen LogP contribution in [-0.4, -0.2) is 43.3 Å². The lowest BCUT2D eigenvalue weighted by Crippen LogP contribution is -2.59. The van der Waals surface area contributed by atoms with Crippen LogP contribution in [0.5, 0.6) is 11.5 Å². The van der Waals surface area contributed by atoms with Crippen molar-refractivity contribution in [1.29, 1.82) is 0 Å². The summed E-state index contributed by atoms with van der Waals surface area (Å²) in [6, 6.07) is 8.90. The van der Waals surface area contributed by atoms with Crippen LogP contribution < -0.4 is 8.85 Å². The Bertz CT molecular complexity index is 467. The van der Waals surface area contributed by atoms with Crippen molar-refractivity contribution in [2.45, 2.75) is 24.9 Å². The number of benzene rings is 1. The molecule has 0 N–H and O–H groups in total. The maximum absolute atomic E-state index is 6.39. The third kappa shape index (κ3) is 4.68. The van der Waals surface area contributed by atoms with Gasteiger partial charge in [0.15, 0.2) is 0 Å². The molecule has 0 amide bonds. The Balaban J connectivity index is 2.40. The molecule has 5 nitrogen and oxygen atoms in total. The van der Waals surface area contributed by atoms with Crippen molar-refractivity contribution in [3.63, 3.8) is 0 Å². The van der Waals surface area contributed by atoms with E-state index in [1.807, 2.05) is 24.3 Å². The van der Waals surface area contributed by atoms with E-state index >= 15 is 0 Å². The van der Waals surface area contributed by atoms with E-state index in [1.54, 1.807) is 14.2 Å². The Morgan fingerprint density at radius 3 is 1.65 bits per heavy atom. The van der Waals surface area contributed by atoms with Gasteiger partial charge in [-0.05, 0) is 36.5 Å². The molecular formula is C14H24O5S2Si2. The first-order valence-corrected chi connectivity index (χ1v) is 12.7. The first-order chi connectivity index (χ1) is 11.1. The fourth-order valence-electron chi connectivity index (χ4n) is 2.40. The van der Waals surface area contributed by atoms with E-state index in [4.69, 9.17) is 21.8 Å². The normalized spacial score (nSPS) is 26.8. The quantitative estimate of drug-likeness (QED) is 0.525. The van der Waals surface area contributed by atoms with Gasteiger partial charge in [-0.2, -0.15) is 25.3 Å². The van der Waals surface area contributed by atoms with Gasteiger partial charge in [0.1, 0.15) is 11.5 Å². The van der Waals surface area contributed by atoms with E-state index in [0.717, 1.165) is 24.3 Å². The largest absolute Gasteiger partial charge is 0.559 e. The molecule has 0 saturated heterocycles. The van der Waals surface area contributed by atoms with Crippen molar-refractivity contribution in [3.05, 3.63) is 24.3 Å². The molecule has 1 aromatic rings. The van der Waals surface area contributed by atoms with Gasteiger partial charge in [0, 0.05) is 26.3 Å². The SMILES string of the molecule is CO[Si]1(CCCS)Oc2ccccc2O[Si](CCCS)(OC)O1. The second kappa shape index (κ2) is 8.79. The van der Waals surface area contributed by atoms with Crippen molar-refractivity contribution >= 4 is 42.9 Å². The van der Waals surface area contributed by atoms with Crippen LogP contribution in [0.2, 0.25) is 12.1 Å². The molecule has 2 unspecified atom stereocenters. The zero-order valence-electron chi connectivity index (χ0n) is 13.5. The maximum Gasteiger partial charge on any atom is 0.559 e. The standard InChI is InChI=1S/C14H24O5S2Si2/c1-15-22(11-5-9-20)17-13-7-3-4-8-14(13)18-23(16-2,19-22)12-6-10-21/h3-4,7-8,20-21H,5-6,9-12H2,1-2H3. The lowest BCUT2D eigenvalue weighted by atomic mass is 10.3. The molecule has 2 rings (SSSR count).